The van der Waals surface area contributed by atoms with Crippen LogP contribution in [0.4, 0.5) is 0 Å². The van der Waals surface area contributed by atoms with Crippen LogP contribution in [0.3, 0.4) is 0 Å². The summed E-state index contributed by atoms with van der Waals surface area (Å²) in [7, 11) is 0. The van der Waals surface area contributed by atoms with E-state index in [9.17, 15) is 14.4 Å². The highest BCUT2D eigenvalue weighted by Crippen LogP contribution is 2.36. The Morgan fingerprint density at radius 2 is 1.67 bits per heavy atom. The molecule has 0 heterocycles. The number of carboxylic acid groups (broad SMARTS) is 2. The topological polar surface area (TPSA) is 121 Å². The average Bonchev–Trinajstić information content (AvgIpc) is 2.34. The van der Waals surface area contributed by atoms with E-state index < -0.39 is 35.7 Å². The van der Waals surface area contributed by atoms with Crippen LogP contribution >= 0.6 is 0 Å². The molecule has 1 saturated carbocycles. The van der Waals surface area contributed by atoms with Crippen molar-refractivity contribution in [2.45, 2.75) is 19.3 Å². The first-order chi connectivity index (χ1) is 8.49. The Morgan fingerprint density at radius 1 is 1.06 bits per heavy atom. The molecule has 3 unspecified atom stereocenters. The lowest BCUT2D eigenvalue weighted by Gasteiger charge is -2.31. The molecule has 102 valence electrons. The van der Waals surface area contributed by atoms with Gasteiger partial charge in [-0.25, -0.2) is 0 Å². The maximum atomic E-state index is 11.7. The van der Waals surface area contributed by atoms with Gasteiger partial charge in [0.05, 0.1) is 24.4 Å². The van der Waals surface area contributed by atoms with Gasteiger partial charge in [0, 0.05) is 0 Å². The van der Waals surface area contributed by atoms with E-state index in [2.05, 4.69) is 0 Å². The van der Waals surface area contributed by atoms with Crippen molar-refractivity contribution in [3.8, 4) is 0 Å². The van der Waals surface area contributed by atoms with E-state index in [0.717, 1.165) is 0 Å². The highest BCUT2D eigenvalue weighted by molar-refractivity contribution is 5.86. The first-order valence-corrected chi connectivity index (χ1v) is 5.72. The second kappa shape index (κ2) is 6.34. The normalized spacial score (nSPS) is 27.5. The summed E-state index contributed by atoms with van der Waals surface area (Å²) >= 11 is 0. The average molecular weight is 260 g/mol. The summed E-state index contributed by atoms with van der Waals surface area (Å²) in [6.45, 7) is -0.558. The smallest absolute Gasteiger partial charge is 0.309 e. The zero-order valence-electron chi connectivity index (χ0n) is 9.74. The Hall–Kier alpha value is -1.63. The largest absolute Gasteiger partial charge is 0.481 e. The fourth-order valence-corrected chi connectivity index (χ4v) is 2.34. The second-order valence-electron chi connectivity index (χ2n) is 4.24. The molecule has 0 aromatic heterocycles. The summed E-state index contributed by atoms with van der Waals surface area (Å²) in [6.07, 6.45) is 1.01. The molecular weight excluding hydrogens is 244 g/mol. The van der Waals surface area contributed by atoms with Crippen LogP contribution in [0.15, 0.2) is 0 Å². The molecule has 18 heavy (non-hydrogen) atoms. The third-order valence-electron chi connectivity index (χ3n) is 3.14. The van der Waals surface area contributed by atoms with Crippen LogP contribution in [-0.2, 0) is 19.1 Å². The van der Waals surface area contributed by atoms with Crippen molar-refractivity contribution in [2.24, 2.45) is 17.8 Å². The minimum absolute atomic E-state index is 0.209. The van der Waals surface area contributed by atoms with Crippen LogP contribution < -0.4 is 0 Å². The van der Waals surface area contributed by atoms with Gasteiger partial charge in [-0.2, -0.15) is 0 Å². The third kappa shape index (κ3) is 3.19. The minimum Gasteiger partial charge on any atom is -0.481 e. The van der Waals surface area contributed by atoms with Gasteiger partial charge in [0.1, 0.15) is 6.61 Å². The maximum absolute atomic E-state index is 11.7. The Balaban J connectivity index is 2.83. The van der Waals surface area contributed by atoms with Crippen molar-refractivity contribution in [2.75, 3.05) is 13.2 Å². The number of hydrogen-bond donors (Lipinski definition) is 3. The third-order valence-corrected chi connectivity index (χ3v) is 3.14. The molecule has 1 rings (SSSR count). The summed E-state index contributed by atoms with van der Waals surface area (Å²) in [6, 6.07) is 0. The predicted octanol–water partition coefficient (Wildman–Crippen LogP) is -0.276. The number of carbonyl (C=O) groups is 3. The fraction of sp³-hybridized carbons (Fsp3) is 0.727. The van der Waals surface area contributed by atoms with E-state index in [1.165, 1.54) is 0 Å². The predicted molar refractivity (Wildman–Crippen MR) is 57.6 cm³/mol. The van der Waals surface area contributed by atoms with Crippen molar-refractivity contribution in [1.29, 1.82) is 0 Å². The van der Waals surface area contributed by atoms with Gasteiger partial charge in [-0.15, -0.1) is 0 Å². The summed E-state index contributed by atoms with van der Waals surface area (Å²) in [5.74, 6) is -6.54. The highest BCUT2D eigenvalue weighted by atomic mass is 16.5. The van der Waals surface area contributed by atoms with Crippen LogP contribution in [0, 0.1) is 17.8 Å². The number of aliphatic hydroxyl groups excluding tert-OH is 1. The van der Waals surface area contributed by atoms with E-state index in [1.54, 1.807) is 0 Å². The molecule has 1 fully saturated rings. The van der Waals surface area contributed by atoms with Gasteiger partial charge in [0.2, 0.25) is 0 Å². The number of rotatable bonds is 5. The van der Waals surface area contributed by atoms with Crippen LogP contribution in [0.2, 0.25) is 0 Å². The molecule has 0 amide bonds. The van der Waals surface area contributed by atoms with Crippen molar-refractivity contribution in [1.82, 2.24) is 0 Å². The molecule has 0 aromatic rings. The van der Waals surface area contributed by atoms with Crippen molar-refractivity contribution in [3.05, 3.63) is 0 Å². The van der Waals surface area contributed by atoms with Crippen molar-refractivity contribution < 1.29 is 34.4 Å². The zero-order valence-corrected chi connectivity index (χ0v) is 9.74. The van der Waals surface area contributed by atoms with E-state index in [-0.39, 0.29) is 19.6 Å². The van der Waals surface area contributed by atoms with Gasteiger partial charge in [-0.3, -0.25) is 14.4 Å². The first kappa shape index (κ1) is 14.4. The number of ether oxygens (including phenoxy) is 1. The van der Waals surface area contributed by atoms with Gasteiger partial charge in [0.25, 0.3) is 0 Å². The molecule has 3 atom stereocenters. The van der Waals surface area contributed by atoms with Gasteiger partial charge in [-0.1, -0.05) is 6.42 Å². The number of hydrogen-bond acceptors (Lipinski definition) is 5. The number of carboxylic acids is 2. The minimum atomic E-state index is -1.30. The molecule has 7 nitrogen and oxygen atoms in total. The van der Waals surface area contributed by atoms with E-state index >= 15 is 0 Å². The first-order valence-electron chi connectivity index (χ1n) is 5.72. The number of aliphatic carboxylic acids is 2. The van der Waals surface area contributed by atoms with Crippen LogP contribution in [0.25, 0.3) is 0 Å². The molecule has 0 saturated heterocycles. The fourth-order valence-electron chi connectivity index (χ4n) is 2.34. The SMILES string of the molecule is O=C(O)C1CCCC(C(=O)OCCO)C1C(=O)O. The van der Waals surface area contributed by atoms with Crippen LogP contribution in [0.5, 0.6) is 0 Å². The summed E-state index contributed by atoms with van der Waals surface area (Å²) in [4.78, 5) is 33.8. The van der Waals surface area contributed by atoms with E-state index in [4.69, 9.17) is 20.1 Å². The Kier molecular flexibility index (Phi) is 5.08. The quantitative estimate of drug-likeness (QED) is 0.581. The molecule has 1 aliphatic carbocycles. The molecular formula is C11H16O7. The van der Waals surface area contributed by atoms with E-state index in [1.807, 2.05) is 0 Å². The van der Waals surface area contributed by atoms with E-state index in [0.29, 0.717) is 12.8 Å². The lowest BCUT2D eigenvalue weighted by atomic mass is 9.72. The standard InChI is InChI=1S/C11H16O7/c12-4-5-18-11(17)7-3-1-2-6(9(13)14)8(7)10(15)16/h6-8,12H,1-5H2,(H,13,14)(H,15,16). The molecule has 7 heteroatoms. The molecule has 3 N–H and O–H groups in total. The molecule has 0 aliphatic heterocycles. The number of esters is 1. The lowest BCUT2D eigenvalue weighted by Crippen LogP contribution is -2.42. The maximum Gasteiger partial charge on any atom is 0.309 e. The number of carbonyl (C=O) groups excluding carboxylic acids is 1. The summed E-state index contributed by atoms with van der Waals surface area (Å²) in [5.41, 5.74) is 0. The van der Waals surface area contributed by atoms with Gasteiger partial charge in [-0.05, 0) is 12.8 Å². The highest BCUT2D eigenvalue weighted by Gasteiger charge is 2.46. The number of aliphatic hydroxyl groups is 1. The van der Waals surface area contributed by atoms with Crippen molar-refractivity contribution in [3.63, 3.8) is 0 Å². The van der Waals surface area contributed by atoms with Crippen molar-refractivity contribution >= 4 is 17.9 Å². The lowest BCUT2D eigenvalue weighted by molar-refractivity contribution is -0.167. The molecule has 0 bridgehead atoms. The molecule has 0 aromatic carbocycles. The van der Waals surface area contributed by atoms with Gasteiger partial charge in [0.15, 0.2) is 0 Å². The summed E-state index contributed by atoms with van der Waals surface area (Å²) in [5, 5.41) is 26.6. The Morgan fingerprint density at radius 3 is 2.17 bits per heavy atom. The van der Waals surface area contributed by atoms with Gasteiger partial charge >= 0.3 is 17.9 Å². The monoisotopic (exact) mass is 260 g/mol. The molecule has 0 radical (unpaired) electrons. The Bertz CT molecular complexity index is 338. The molecule has 0 spiro atoms. The zero-order chi connectivity index (χ0) is 13.7. The second-order valence-corrected chi connectivity index (χ2v) is 4.24. The Labute approximate surface area is 103 Å². The van der Waals surface area contributed by atoms with Gasteiger partial charge < -0.3 is 20.1 Å². The van der Waals surface area contributed by atoms with Crippen LogP contribution in [0.1, 0.15) is 19.3 Å². The van der Waals surface area contributed by atoms with Crippen LogP contribution in [-0.4, -0.2) is 46.4 Å². The molecule has 1 aliphatic rings. The summed E-state index contributed by atoms with van der Waals surface area (Å²) < 4.78 is 4.69.